The second-order valence-corrected chi connectivity index (χ2v) is 3.20. The van der Waals surface area contributed by atoms with E-state index in [0.717, 1.165) is 17.2 Å². The third-order valence-electron chi connectivity index (χ3n) is 2.22. The molecule has 5 nitrogen and oxygen atoms in total. The number of nitrogens with one attached hydrogen (secondary N) is 1. The lowest BCUT2D eigenvalue weighted by Gasteiger charge is -2.22. The van der Waals surface area contributed by atoms with E-state index in [9.17, 15) is 4.79 Å². The minimum Gasteiger partial charge on any atom is -0.465 e. The van der Waals surface area contributed by atoms with Crippen LogP contribution in [0.15, 0.2) is 0 Å². The molecule has 0 aliphatic carbocycles. The maximum Gasteiger partial charge on any atom is 0.407 e. The normalized spacial score (nSPS) is 15.6. The maximum atomic E-state index is 10.7. The Labute approximate surface area is 75.4 Å². The van der Waals surface area contributed by atoms with Crippen LogP contribution >= 0.6 is 0 Å². The number of amides is 1. The van der Waals surface area contributed by atoms with Crippen molar-refractivity contribution in [2.45, 2.75) is 19.9 Å². The average molecular weight is 181 g/mol. The molecule has 2 heterocycles. The van der Waals surface area contributed by atoms with Gasteiger partial charge in [-0.1, -0.05) is 0 Å². The summed E-state index contributed by atoms with van der Waals surface area (Å²) in [6, 6.07) is 0. The Morgan fingerprint density at radius 3 is 3.15 bits per heavy atom. The lowest BCUT2D eigenvalue weighted by molar-refractivity contribution is 0.139. The average Bonchev–Trinajstić information content (AvgIpc) is 2.42. The zero-order valence-corrected chi connectivity index (χ0v) is 7.37. The van der Waals surface area contributed by atoms with Crippen molar-refractivity contribution in [2.24, 2.45) is 0 Å². The molecule has 0 saturated carbocycles. The van der Waals surface area contributed by atoms with E-state index in [-0.39, 0.29) is 0 Å². The maximum absolute atomic E-state index is 10.7. The van der Waals surface area contributed by atoms with Gasteiger partial charge in [0.15, 0.2) is 0 Å². The van der Waals surface area contributed by atoms with Crippen molar-refractivity contribution in [3.05, 3.63) is 17.2 Å². The number of aryl methyl sites for hydroxylation is 1. The highest BCUT2D eigenvalue weighted by Crippen LogP contribution is 2.15. The lowest BCUT2D eigenvalue weighted by Crippen LogP contribution is -2.34. The van der Waals surface area contributed by atoms with Crippen molar-refractivity contribution >= 4 is 6.09 Å². The molecule has 1 aromatic heterocycles. The molecule has 5 heteroatoms. The third-order valence-corrected chi connectivity index (χ3v) is 2.22. The van der Waals surface area contributed by atoms with E-state index in [0.29, 0.717) is 19.5 Å². The Morgan fingerprint density at radius 1 is 1.69 bits per heavy atom. The molecule has 1 aliphatic heterocycles. The summed E-state index contributed by atoms with van der Waals surface area (Å²) in [6.07, 6.45) is -0.149. The van der Waals surface area contributed by atoms with E-state index in [1.54, 1.807) is 0 Å². The SMILES string of the molecule is Cc1nc2c([nH]1)CN(C(=O)O)CC2. The van der Waals surface area contributed by atoms with Gasteiger partial charge in [0.1, 0.15) is 5.82 Å². The first-order valence-corrected chi connectivity index (χ1v) is 4.19. The second-order valence-electron chi connectivity index (χ2n) is 3.20. The number of aromatic amines is 1. The number of imidazole rings is 1. The van der Waals surface area contributed by atoms with Crippen molar-refractivity contribution in [3.8, 4) is 0 Å². The fraction of sp³-hybridized carbons (Fsp3) is 0.500. The van der Waals surface area contributed by atoms with Gasteiger partial charge in [-0.05, 0) is 6.92 Å². The first kappa shape index (κ1) is 8.10. The first-order chi connectivity index (χ1) is 6.16. The van der Waals surface area contributed by atoms with Crippen molar-refractivity contribution in [2.75, 3.05) is 6.54 Å². The summed E-state index contributed by atoms with van der Waals surface area (Å²) in [5.74, 6) is 0.859. The highest BCUT2D eigenvalue weighted by atomic mass is 16.4. The van der Waals surface area contributed by atoms with Crippen LogP contribution in [0.1, 0.15) is 17.2 Å². The van der Waals surface area contributed by atoms with Crippen LogP contribution in [0, 0.1) is 6.92 Å². The van der Waals surface area contributed by atoms with Crippen LogP contribution in [0.25, 0.3) is 0 Å². The minimum atomic E-state index is -0.863. The van der Waals surface area contributed by atoms with E-state index in [2.05, 4.69) is 9.97 Å². The van der Waals surface area contributed by atoms with Crippen LogP contribution in [0.3, 0.4) is 0 Å². The van der Waals surface area contributed by atoms with Gasteiger partial charge in [0.25, 0.3) is 0 Å². The van der Waals surface area contributed by atoms with Crippen LogP contribution in [-0.4, -0.2) is 32.6 Å². The predicted molar refractivity (Wildman–Crippen MR) is 45.5 cm³/mol. The number of rotatable bonds is 0. The van der Waals surface area contributed by atoms with E-state index in [1.165, 1.54) is 4.90 Å². The molecular formula is C8H11N3O2. The molecular weight excluding hydrogens is 170 g/mol. The van der Waals surface area contributed by atoms with Gasteiger partial charge in [0.2, 0.25) is 0 Å². The number of hydrogen-bond donors (Lipinski definition) is 2. The van der Waals surface area contributed by atoms with Crippen molar-refractivity contribution in [1.29, 1.82) is 0 Å². The number of hydrogen-bond acceptors (Lipinski definition) is 2. The molecule has 2 rings (SSSR count). The summed E-state index contributed by atoms with van der Waals surface area (Å²) < 4.78 is 0. The van der Waals surface area contributed by atoms with Crippen LogP contribution < -0.4 is 0 Å². The van der Waals surface area contributed by atoms with E-state index in [1.807, 2.05) is 6.92 Å². The summed E-state index contributed by atoms with van der Waals surface area (Å²) in [5, 5.41) is 8.76. The molecule has 0 radical (unpaired) electrons. The standard InChI is InChI=1S/C8H11N3O2/c1-5-9-6-2-3-11(8(12)13)4-7(6)10-5/h2-4H2,1H3,(H,9,10)(H,12,13). The minimum absolute atomic E-state index is 0.436. The van der Waals surface area contributed by atoms with Gasteiger partial charge in [-0.3, -0.25) is 0 Å². The van der Waals surface area contributed by atoms with Crippen LogP contribution in [0.4, 0.5) is 4.79 Å². The number of aromatic nitrogens is 2. The summed E-state index contributed by atoms with van der Waals surface area (Å²) in [5.41, 5.74) is 1.95. The largest absolute Gasteiger partial charge is 0.465 e. The molecule has 0 bridgehead atoms. The summed E-state index contributed by atoms with van der Waals surface area (Å²) >= 11 is 0. The smallest absolute Gasteiger partial charge is 0.407 e. The van der Waals surface area contributed by atoms with Gasteiger partial charge in [-0.15, -0.1) is 0 Å². The molecule has 0 unspecified atom stereocenters. The first-order valence-electron chi connectivity index (χ1n) is 4.19. The Bertz CT molecular complexity index is 345. The fourth-order valence-electron chi connectivity index (χ4n) is 1.60. The highest BCUT2D eigenvalue weighted by molar-refractivity contribution is 5.65. The molecule has 2 N–H and O–H groups in total. The Kier molecular flexibility index (Phi) is 1.72. The molecule has 1 amide bonds. The van der Waals surface area contributed by atoms with Crippen molar-refractivity contribution in [1.82, 2.24) is 14.9 Å². The van der Waals surface area contributed by atoms with Gasteiger partial charge in [0, 0.05) is 13.0 Å². The number of carboxylic acid groups (broad SMARTS) is 1. The number of fused-ring (bicyclic) bond motifs is 1. The van der Waals surface area contributed by atoms with E-state index >= 15 is 0 Å². The van der Waals surface area contributed by atoms with E-state index < -0.39 is 6.09 Å². The van der Waals surface area contributed by atoms with Crippen LogP contribution in [0.5, 0.6) is 0 Å². The summed E-state index contributed by atoms with van der Waals surface area (Å²) in [4.78, 5) is 19.4. The predicted octanol–water partition coefficient (Wildman–Crippen LogP) is 0.754. The molecule has 1 aromatic rings. The molecule has 1 aliphatic rings. The molecule has 0 aromatic carbocycles. The zero-order chi connectivity index (χ0) is 9.42. The third kappa shape index (κ3) is 1.37. The molecule has 70 valence electrons. The van der Waals surface area contributed by atoms with Crippen molar-refractivity contribution < 1.29 is 9.90 Å². The molecule has 13 heavy (non-hydrogen) atoms. The van der Waals surface area contributed by atoms with E-state index in [4.69, 9.17) is 5.11 Å². The van der Waals surface area contributed by atoms with Crippen LogP contribution in [-0.2, 0) is 13.0 Å². The number of nitrogens with zero attached hydrogens (tertiary/aromatic N) is 2. The molecule has 0 spiro atoms. The molecule has 0 saturated heterocycles. The van der Waals surface area contributed by atoms with Gasteiger partial charge < -0.3 is 15.0 Å². The van der Waals surface area contributed by atoms with Gasteiger partial charge in [-0.25, -0.2) is 9.78 Å². The Hall–Kier alpha value is -1.52. The van der Waals surface area contributed by atoms with Gasteiger partial charge >= 0.3 is 6.09 Å². The van der Waals surface area contributed by atoms with Crippen molar-refractivity contribution in [3.63, 3.8) is 0 Å². The monoisotopic (exact) mass is 181 g/mol. The van der Waals surface area contributed by atoms with Gasteiger partial charge in [-0.2, -0.15) is 0 Å². The topological polar surface area (TPSA) is 69.2 Å². The van der Waals surface area contributed by atoms with Gasteiger partial charge in [0.05, 0.1) is 17.9 Å². The Balaban J connectivity index is 2.24. The lowest BCUT2D eigenvalue weighted by atomic mass is 10.1. The highest BCUT2D eigenvalue weighted by Gasteiger charge is 2.22. The Morgan fingerprint density at radius 2 is 2.46 bits per heavy atom. The summed E-state index contributed by atoms with van der Waals surface area (Å²) in [6.45, 7) is 2.86. The number of carbonyl (C=O) groups is 1. The summed E-state index contributed by atoms with van der Waals surface area (Å²) in [7, 11) is 0. The van der Waals surface area contributed by atoms with Crippen LogP contribution in [0.2, 0.25) is 0 Å². The number of H-pyrrole nitrogens is 1. The fourth-order valence-corrected chi connectivity index (χ4v) is 1.60. The zero-order valence-electron chi connectivity index (χ0n) is 7.37. The molecule has 0 atom stereocenters. The molecule has 0 fully saturated rings. The quantitative estimate of drug-likeness (QED) is 0.620. The second kappa shape index (κ2) is 2.76.